The molecule has 0 aromatic carbocycles. The molecule has 0 saturated carbocycles. The maximum atomic E-state index is 13.2. The van der Waals surface area contributed by atoms with Crippen molar-refractivity contribution in [3.63, 3.8) is 0 Å². The van der Waals surface area contributed by atoms with Gasteiger partial charge in [0, 0.05) is 64.8 Å². The van der Waals surface area contributed by atoms with Crippen molar-refractivity contribution in [3.8, 4) is 0 Å². The third-order valence-corrected chi connectivity index (χ3v) is 6.38. The molecule has 3 fully saturated rings. The summed E-state index contributed by atoms with van der Waals surface area (Å²) in [6.07, 6.45) is 2.32. The number of amides is 3. The van der Waals surface area contributed by atoms with Gasteiger partial charge in [0.2, 0.25) is 17.7 Å². The normalized spacial score (nSPS) is 26.1. The highest BCUT2D eigenvalue weighted by atomic mass is 16.5. The van der Waals surface area contributed by atoms with Gasteiger partial charge in [-0.15, -0.1) is 0 Å². The van der Waals surface area contributed by atoms with Gasteiger partial charge in [0.25, 0.3) is 0 Å². The topological polar surface area (TPSA) is 73.4 Å². The molecule has 8 heteroatoms. The van der Waals surface area contributed by atoms with Crippen molar-refractivity contribution in [2.45, 2.75) is 32.2 Å². The standard InChI is InChI=1S/C19H32N4O4/c1-4-21-14-19(11-16(21)24)5-7-22(8-6-19)18(26)15-12-20(2)9-10-23(15)17(25)13-27-3/h15H,4-14H2,1-3H3/t15-/m1/s1. The van der Waals surface area contributed by atoms with E-state index in [0.29, 0.717) is 32.6 Å². The van der Waals surface area contributed by atoms with Crippen LogP contribution in [0.5, 0.6) is 0 Å². The van der Waals surface area contributed by atoms with E-state index in [-0.39, 0.29) is 29.7 Å². The molecule has 1 atom stereocenters. The van der Waals surface area contributed by atoms with Gasteiger partial charge in [-0.2, -0.15) is 0 Å². The number of methoxy groups -OCH3 is 1. The molecule has 0 aromatic heterocycles. The molecule has 3 rings (SSSR count). The molecule has 8 nitrogen and oxygen atoms in total. The van der Waals surface area contributed by atoms with Crippen molar-refractivity contribution in [1.29, 1.82) is 0 Å². The van der Waals surface area contributed by atoms with Crippen molar-refractivity contribution in [2.24, 2.45) is 5.41 Å². The summed E-state index contributed by atoms with van der Waals surface area (Å²) in [6, 6.07) is -0.446. The monoisotopic (exact) mass is 380 g/mol. The average Bonchev–Trinajstić information content (AvgIpc) is 2.97. The summed E-state index contributed by atoms with van der Waals surface area (Å²) >= 11 is 0. The first-order chi connectivity index (χ1) is 12.9. The molecule has 0 radical (unpaired) electrons. The number of hydrogen-bond donors (Lipinski definition) is 0. The van der Waals surface area contributed by atoms with Crippen LogP contribution in [0.15, 0.2) is 0 Å². The van der Waals surface area contributed by atoms with Crippen molar-refractivity contribution in [3.05, 3.63) is 0 Å². The first-order valence-electron chi connectivity index (χ1n) is 9.92. The van der Waals surface area contributed by atoms with Crippen LogP contribution in [0.2, 0.25) is 0 Å². The van der Waals surface area contributed by atoms with Crippen LogP contribution in [0.4, 0.5) is 0 Å². The number of piperazine rings is 1. The summed E-state index contributed by atoms with van der Waals surface area (Å²) in [5, 5.41) is 0. The molecule has 0 aromatic rings. The molecular formula is C19H32N4O4. The maximum Gasteiger partial charge on any atom is 0.249 e. The Balaban J connectivity index is 1.63. The average molecular weight is 380 g/mol. The summed E-state index contributed by atoms with van der Waals surface area (Å²) in [5.74, 6) is 0.137. The zero-order valence-corrected chi connectivity index (χ0v) is 16.8. The first-order valence-corrected chi connectivity index (χ1v) is 9.92. The fraction of sp³-hybridized carbons (Fsp3) is 0.842. The van der Waals surface area contributed by atoms with Gasteiger partial charge in [0.05, 0.1) is 0 Å². The van der Waals surface area contributed by atoms with Gasteiger partial charge in [-0.05, 0) is 26.8 Å². The van der Waals surface area contributed by atoms with E-state index in [4.69, 9.17) is 4.74 Å². The second-order valence-electron chi connectivity index (χ2n) is 8.21. The molecule has 0 N–H and O–H groups in total. The zero-order valence-electron chi connectivity index (χ0n) is 16.8. The van der Waals surface area contributed by atoms with Crippen molar-refractivity contribution in [2.75, 3.05) is 66.6 Å². The predicted molar refractivity (Wildman–Crippen MR) is 100.0 cm³/mol. The van der Waals surface area contributed by atoms with Crippen LogP contribution in [-0.4, -0.2) is 110 Å². The van der Waals surface area contributed by atoms with Crippen LogP contribution in [0.3, 0.4) is 0 Å². The van der Waals surface area contributed by atoms with Gasteiger partial charge in [0.1, 0.15) is 12.6 Å². The van der Waals surface area contributed by atoms with Gasteiger partial charge in [-0.1, -0.05) is 0 Å². The maximum absolute atomic E-state index is 13.2. The summed E-state index contributed by atoms with van der Waals surface area (Å²) in [4.78, 5) is 45.3. The molecule has 3 aliphatic rings. The van der Waals surface area contributed by atoms with Crippen molar-refractivity contribution in [1.82, 2.24) is 19.6 Å². The first kappa shape index (κ1) is 20.1. The lowest BCUT2D eigenvalue weighted by Gasteiger charge is -2.44. The second kappa shape index (κ2) is 8.14. The largest absolute Gasteiger partial charge is 0.375 e. The molecule has 152 valence electrons. The Bertz CT molecular complexity index is 588. The molecule has 3 amide bonds. The van der Waals surface area contributed by atoms with E-state index in [9.17, 15) is 14.4 Å². The summed E-state index contributed by atoms with van der Waals surface area (Å²) in [6.45, 7) is 6.78. The zero-order chi connectivity index (χ0) is 19.6. The molecule has 0 aliphatic carbocycles. The minimum Gasteiger partial charge on any atom is -0.375 e. The number of likely N-dealkylation sites (tertiary alicyclic amines) is 2. The Hall–Kier alpha value is -1.67. The van der Waals surface area contributed by atoms with Crippen molar-refractivity contribution >= 4 is 17.7 Å². The summed E-state index contributed by atoms with van der Waals surface area (Å²) in [5.41, 5.74) is 0.0266. The quantitative estimate of drug-likeness (QED) is 0.666. The number of carbonyl (C=O) groups is 3. The number of likely N-dealkylation sites (N-methyl/N-ethyl adjacent to an activating group) is 1. The van der Waals surface area contributed by atoms with Gasteiger partial charge in [-0.25, -0.2) is 0 Å². The SMILES string of the molecule is CCN1CC2(CCN(C(=O)[C@H]3CN(C)CCN3C(=O)COC)CC2)CC1=O. The smallest absolute Gasteiger partial charge is 0.249 e. The number of ether oxygens (including phenoxy) is 1. The Labute approximate surface area is 161 Å². The number of piperidine rings is 1. The van der Waals surface area contributed by atoms with Crippen LogP contribution in [0.1, 0.15) is 26.2 Å². The number of hydrogen-bond acceptors (Lipinski definition) is 5. The molecule has 3 heterocycles. The van der Waals surface area contributed by atoms with Crippen LogP contribution in [0, 0.1) is 5.41 Å². The van der Waals surface area contributed by atoms with Crippen LogP contribution >= 0.6 is 0 Å². The Kier molecular flexibility index (Phi) is 6.05. The predicted octanol–water partition coefficient (Wildman–Crippen LogP) is -0.364. The Morgan fingerprint density at radius 1 is 1.19 bits per heavy atom. The van der Waals surface area contributed by atoms with Crippen LogP contribution < -0.4 is 0 Å². The molecule has 3 aliphatic heterocycles. The molecule has 27 heavy (non-hydrogen) atoms. The lowest BCUT2D eigenvalue weighted by molar-refractivity contribution is -0.152. The van der Waals surface area contributed by atoms with Crippen molar-refractivity contribution < 1.29 is 19.1 Å². The minimum absolute atomic E-state index is 0.00553. The lowest BCUT2D eigenvalue weighted by atomic mass is 9.77. The fourth-order valence-electron chi connectivity index (χ4n) is 4.65. The fourth-order valence-corrected chi connectivity index (χ4v) is 4.65. The van der Waals surface area contributed by atoms with Gasteiger partial charge in [-0.3, -0.25) is 14.4 Å². The lowest BCUT2D eigenvalue weighted by Crippen LogP contribution is -2.62. The van der Waals surface area contributed by atoms with E-state index in [1.165, 1.54) is 7.11 Å². The van der Waals surface area contributed by atoms with E-state index < -0.39 is 6.04 Å². The summed E-state index contributed by atoms with van der Waals surface area (Å²) in [7, 11) is 3.48. The number of nitrogens with zero attached hydrogens (tertiary/aromatic N) is 4. The molecule has 0 bridgehead atoms. The molecule has 3 saturated heterocycles. The van der Waals surface area contributed by atoms with Crippen LogP contribution in [0.25, 0.3) is 0 Å². The highest BCUT2D eigenvalue weighted by Crippen LogP contribution is 2.41. The van der Waals surface area contributed by atoms with E-state index in [2.05, 4.69) is 4.90 Å². The third-order valence-electron chi connectivity index (χ3n) is 6.38. The summed E-state index contributed by atoms with van der Waals surface area (Å²) < 4.78 is 4.99. The molecule has 1 spiro atoms. The highest BCUT2D eigenvalue weighted by molar-refractivity contribution is 5.89. The van der Waals surface area contributed by atoms with Gasteiger partial charge < -0.3 is 24.3 Å². The van der Waals surface area contributed by atoms with Gasteiger partial charge >= 0.3 is 0 Å². The number of rotatable bonds is 4. The Morgan fingerprint density at radius 2 is 1.89 bits per heavy atom. The highest BCUT2D eigenvalue weighted by Gasteiger charge is 2.46. The number of carbonyl (C=O) groups excluding carboxylic acids is 3. The third kappa shape index (κ3) is 4.11. The van der Waals surface area contributed by atoms with E-state index >= 15 is 0 Å². The van der Waals surface area contributed by atoms with E-state index in [0.717, 1.165) is 32.5 Å². The molecule has 0 unspecified atom stereocenters. The second-order valence-corrected chi connectivity index (χ2v) is 8.21. The van der Waals surface area contributed by atoms with Gasteiger partial charge in [0.15, 0.2) is 0 Å². The van der Waals surface area contributed by atoms with E-state index in [1.54, 1.807) is 4.90 Å². The minimum atomic E-state index is -0.446. The van der Waals surface area contributed by atoms with E-state index in [1.807, 2.05) is 23.8 Å². The molecular weight excluding hydrogens is 348 g/mol. The van der Waals surface area contributed by atoms with Crippen LogP contribution in [-0.2, 0) is 19.1 Å². The Morgan fingerprint density at radius 3 is 2.48 bits per heavy atom.